The van der Waals surface area contributed by atoms with Crippen molar-refractivity contribution in [3.8, 4) is 0 Å². The second kappa shape index (κ2) is 7.00. The first-order valence-electron chi connectivity index (χ1n) is 7.25. The molecule has 0 spiro atoms. The van der Waals surface area contributed by atoms with Gasteiger partial charge in [-0.15, -0.1) is 11.3 Å². The summed E-state index contributed by atoms with van der Waals surface area (Å²) in [4.78, 5) is 4.56. The largest absolute Gasteiger partial charge is 0.316 e. The molecule has 0 aliphatic rings. The lowest BCUT2D eigenvalue weighted by molar-refractivity contribution is 0.551. The van der Waals surface area contributed by atoms with E-state index in [1.807, 2.05) is 7.05 Å². The van der Waals surface area contributed by atoms with Crippen molar-refractivity contribution in [3.63, 3.8) is 0 Å². The van der Waals surface area contributed by atoms with E-state index < -0.39 is 0 Å². The number of likely N-dealkylation sites (N-methyl/N-ethyl adjacent to an activating group) is 1. The minimum absolute atomic E-state index is 0.446. The molecule has 1 atom stereocenters. The molecule has 2 nitrogen and oxygen atoms in total. The van der Waals surface area contributed by atoms with Crippen molar-refractivity contribution < 1.29 is 0 Å². The van der Waals surface area contributed by atoms with Gasteiger partial charge in [-0.05, 0) is 37.4 Å². The van der Waals surface area contributed by atoms with Gasteiger partial charge in [-0.25, -0.2) is 4.98 Å². The number of hydrogen-bond donors (Lipinski definition) is 1. The molecule has 0 radical (unpaired) electrons. The van der Waals surface area contributed by atoms with Gasteiger partial charge in [0.25, 0.3) is 0 Å². The standard InChI is InChI=1S/C17H24N2S/c1-12(2)15-7-5-14(6-8-15)9-16(18-4)10-17-11-20-13(3)19-17/h5-8,11-12,16,18H,9-10H2,1-4H3. The van der Waals surface area contributed by atoms with Crippen molar-refractivity contribution in [1.29, 1.82) is 0 Å². The number of hydrogen-bond acceptors (Lipinski definition) is 3. The van der Waals surface area contributed by atoms with Crippen LogP contribution in [0.15, 0.2) is 29.6 Å². The topological polar surface area (TPSA) is 24.9 Å². The van der Waals surface area contributed by atoms with E-state index in [1.54, 1.807) is 11.3 Å². The molecule has 1 aromatic carbocycles. The lowest BCUT2D eigenvalue weighted by atomic mass is 9.98. The molecule has 0 bridgehead atoms. The number of nitrogens with zero attached hydrogens (tertiary/aromatic N) is 1. The fraction of sp³-hybridized carbons (Fsp3) is 0.471. The zero-order valence-corrected chi connectivity index (χ0v) is 13.6. The van der Waals surface area contributed by atoms with Gasteiger partial charge in [-0.1, -0.05) is 38.1 Å². The van der Waals surface area contributed by atoms with Gasteiger partial charge in [0, 0.05) is 17.8 Å². The molecule has 1 N–H and O–H groups in total. The van der Waals surface area contributed by atoms with Crippen LogP contribution in [0.25, 0.3) is 0 Å². The molecule has 0 fully saturated rings. The van der Waals surface area contributed by atoms with Crippen molar-refractivity contribution >= 4 is 11.3 Å². The molecule has 0 aliphatic heterocycles. The van der Waals surface area contributed by atoms with E-state index in [0.29, 0.717) is 12.0 Å². The number of rotatable bonds is 6. The smallest absolute Gasteiger partial charge is 0.0897 e. The molecule has 0 aliphatic carbocycles. The van der Waals surface area contributed by atoms with Crippen molar-refractivity contribution in [1.82, 2.24) is 10.3 Å². The van der Waals surface area contributed by atoms with Crippen LogP contribution in [-0.4, -0.2) is 18.1 Å². The Hall–Kier alpha value is -1.19. The minimum Gasteiger partial charge on any atom is -0.316 e. The molecular weight excluding hydrogens is 264 g/mol. The maximum Gasteiger partial charge on any atom is 0.0897 e. The van der Waals surface area contributed by atoms with Crippen LogP contribution < -0.4 is 5.32 Å². The predicted molar refractivity (Wildman–Crippen MR) is 87.6 cm³/mol. The molecule has 2 aromatic rings. The Bertz CT molecular complexity index is 528. The van der Waals surface area contributed by atoms with Gasteiger partial charge in [-0.3, -0.25) is 0 Å². The van der Waals surface area contributed by atoms with Crippen LogP contribution in [0.1, 0.15) is 41.6 Å². The van der Waals surface area contributed by atoms with Gasteiger partial charge >= 0.3 is 0 Å². The molecule has 3 heteroatoms. The maximum absolute atomic E-state index is 4.56. The predicted octanol–water partition coefficient (Wildman–Crippen LogP) is 3.95. The fourth-order valence-electron chi connectivity index (χ4n) is 2.35. The number of aromatic nitrogens is 1. The summed E-state index contributed by atoms with van der Waals surface area (Å²) in [6.07, 6.45) is 2.04. The highest BCUT2D eigenvalue weighted by molar-refractivity contribution is 7.09. The van der Waals surface area contributed by atoms with Crippen LogP contribution >= 0.6 is 11.3 Å². The fourth-order valence-corrected chi connectivity index (χ4v) is 2.98. The molecule has 20 heavy (non-hydrogen) atoms. The van der Waals surface area contributed by atoms with Crippen molar-refractivity contribution in [3.05, 3.63) is 51.5 Å². The first-order chi connectivity index (χ1) is 9.58. The van der Waals surface area contributed by atoms with Gasteiger partial charge in [-0.2, -0.15) is 0 Å². The third-order valence-corrected chi connectivity index (χ3v) is 4.48. The Labute approximate surface area is 126 Å². The van der Waals surface area contributed by atoms with E-state index in [0.717, 1.165) is 17.8 Å². The molecule has 1 heterocycles. The van der Waals surface area contributed by atoms with E-state index in [4.69, 9.17) is 0 Å². The van der Waals surface area contributed by atoms with Crippen LogP contribution in [-0.2, 0) is 12.8 Å². The van der Waals surface area contributed by atoms with Gasteiger partial charge in [0.05, 0.1) is 10.7 Å². The monoisotopic (exact) mass is 288 g/mol. The van der Waals surface area contributed by atoms with E-state index in [2.05, 4.69) is 60.7 Å². The lowest BCUT2D eigenvalue weighted by Crippen LogP contribution is -2.30. The summed E-state index contributed by atoms with van der Waals surface area (Å²) in [5, 5.41) is 6.73. The summed E-state index contributed by atoms with van der Waals surface area (Å²) >= 11 is 1.73. The summed E-state index contributed by atoms with van der Waals surface area (Å²) in [7, 11) is 2.03. The Morgan fingerprint density at radius 2 is 1.85 bits per heavy atom. The van der Waals surface area contributed by atoms with E-state index in [-0.39, 0.29) is 0 Å². The van der Waals surface area contributed by atoms with Crippen LogP contribution in [0.3, 0.4) is 0 Å². The lowest BCUT2D eigenvalue weighted by Gasteiger charge is -2.15. The van der Waals surface area contributed by atoms with Crippen LogP contribution in [0.4, 0.5) is 0 Å². The summed E-state index contributed by atoms with van der Waals surface area (Å²) in [6.45, 7) is 6.53. The molecule has 2 rings (SSSR count). The second-order valence-electron chi connectivity index (χ2n) is 5.65. The number of benzene rings is 1. The molecule has 0 saturated carbocycles. The first kappa shape index (κ1) is 15.2. The Morgan fingerprint density at radius 3 is 2.35 bits per heavy atom. The number of nitrogens with one attached hydrogen (secondary N) is 1. The average Bonchev–Trinajstić information content (AvgIpc) is 2.84. The van der Waals surface area contributed by atoms with Crippen LogP contribution in [0, 0.1) is 6.92 Å². The molecule has 0 amide bonds. The highest BCUT2D eigenvalue weighted by Crippen LogP contribution is 2.17. The van der Waals surface area contributed by atoms with Crippen LogP contribution in [0.2, 0.25) is 0 Å². The quantitative estimate of drug-likeness (QED) is 0.870. The zero-order valence-electron chi connectivity index (χ0n) is 12.8. The minimum atomic E-state index is 0.446. The summed E-state index contributed by atoms with van der Waals surface area (Å²) < 4.78 is 0. The Kier molecular flexibility index (Phi) is 5.32. The van der Waals surface area contributed by atoms with Gasteiger partial charge in [0.15, 0.2) is 0 Å². The number of thiazole rings is 1. The molecule has 0 saturated heterocycles. The van der Waals surface area contributed by atoms with E-state index >= 15 is 0 Å². The summed E-state index contributed by atoms with van der Waals surface area (Å²) in [5.41, 5.74) is 4.00. The van der Waals surface area contributed by atoms with E-state index in [1.165, 1.54) is 16.8 Å². The summed E-state index contributed by atoms with van der Waals surface area (Å²) in [5.74, 6) is 0.599. The van der Waals surface area contributed by atoms with Crippen molar-refractivity contribution in [2.75, 3.05) is 7.05 Å². The zero-order chi connectivity index (χ0) is 14.5. The van der Waals surface area contributed by atoms with E-state index in [9.17, 15) is 0 Å². The average molecular weight is 288 g/mol. The highest BCUT2D eigenvalue weighted by atomic mass is 32.1. The third-order valence-electron chi connectivity index (χ3n) is 3.66. The van der Waals surface area contributed by atoms with Crippen LogP contribution in [0.5, 0.6) is 0 Å². The first-order valence-corrected chi connectivity index (χ1v) is 8.13. The molecular formula is C17H24N2S. The Morgan fingerprint density at radius 1 is 1.15 bits per heavy atom. The van der Waals surface area contributed by atoms with Gasteiger partial charge in [0.1, 0.15) is 0 Å². The maximum atomic E-state index is 4.56. The second-order valence-corrected chi connectivity index (χ2v) is 6.71. The molecule has 108 valence electrons. The number of aryl methyl sites for hydroxylation is 1. The SMILES string of the molecule is CNC(Cc1ccc(C(C)C)cc1)Cc1csc(C)n1. The highest BCUT2D eigenvalue weighted by Gasteiger charge is 2.10. The van der Waals surface area contributed by atoms with Gasteiger partial charge < -0.3 is 5.32 Å². The normalized spacial score (nSPS) is 12.8. The Balaban J connectivity index is 1.98. The van der Waals surface area contributed by atoms with Gasteiger partial charge in [0.2, 0.25) is 0 Å². The summed E-state index contributed by atoms with van der Waals surface area (Å²) in [6, 6.07) is 9.46. The van der Waals surface area contributed by atoms with Crippen molar-refractivity contribution in [2.45, 2.75) is 45.6 Å². The molecule has 1 aromatic heterocycles. The van der Waals surface area contributed by atoms with Crippen molar-refractivity contribution in [2.24, 2.45) is 0 Å². The molecule has 1 unspecified atom stereocenters. The third kappa shape index (κ3) is 4.15.